The third kappa shape index (κ3) is 3.25. The summed E-state index contributed by atoms with van der Waals surface area (Å²) in [5.74, 6) is -0.177. The van der Waals surface area contributed by atoms with E-state index < -0.39 is 0 Å². The van der Waals surface area contributed by atoms with Crippen molar-refractivity contribution in [2.45, 2.75) is 13.1 Å². The summed E-state index contributed by atoms with van der Waals surface area (Å²) in [7, 11) is 0. The van der Waals surface area contributed by atoms with Gasteiger partial charge in [-0.15, -0.1) is 5.10 Å². The van der Waals surface area contributed by atoms with Gasteiger partial charge in [-0.3, -0.25) is 19.7 Å². The lowest BCUT2D eigenvalue weighted by atomic mass is 10.1. The lowest BCUT2D eigenvalue weighted by Gasteiger charge is -2.09. The summed E-state index contributed by atoms with van der Waals surface area (Å²) in [6.45, 7) is 0.354. The molecule has 128 valence electrons. The lowest BCUT2D eigenvalue weighted by Crippen LogP contribution is -2.28. The van der Waals surface area contributed by atoms with Gasteiger partial charge in [0.2, 0.25) is 5.91 Å². The molecule has 0 unspecified atom stereocenters. The monoisotopic (exact) mass is 345 g/mol. The number of nitrogens with zero attached hydrogens (tertiary/aromatic N) is 6. The van der Waals surface area contributed by atoms with Gasteiger partial charge in [-0.25, -0.2) is 4.68 Å². The fraction of sp³-hybridized carbons (Fsp3) is 0.111. The number of nitrogens with one attached hydrogen (secondary N) is 1. The maximum Gasteiger partial charge on any atom is 0.242 e. The van der Waals surface area contributed by atoms with Gasteiger partial charge in [0.05, 0.1) is 23.4 Å². The summed E-state index contributed by atoms with van der Waals surface area (Å²) in [4.78, 5) is 25.1. The number of rotatable bonds is 5. The van der Waals surface area contributed by atoms with Crippen LogP contribution in [0.25, 0.3) is 22.3 Å². The van der Waals surface area contributed by atoms with E-state index in [0.717, 1.165) is 16.6 Å². The molecule has 0 aliphatic heterocycles. The van der Waals surface area contributed by atoms with Gasteiger partial charge in [0, 0.05) is 30.4 Å². The Bertz CT molecular complexity index is 1050. The van der Waals surface area contributed by atoms with E-state index in [4.69, 9.17) is 0 Å². The normalized spacial score (nSPS) is 10.8. The van der Waals surface area contributed by atoms with Crippen LogP contribution >= 0.6 is 0 Å². The molecule has 8 heteroatoms. The number of pyridine rings is 1. The van der Waals surface area contributed by atoms with Gasteiger partial charge in [-0.05, 0) is 24.3 Å². The van der Waals surface area contributed by atoms with Crippen LogP contribution in [-0.2, 0) is 17.9 Å². The molecule has 8 nitrogen and oxygen atoms in total. The zero-order valence-corrected chi connectivity index (χ0v) is 13.8. The average molecular weight is 345 g/mol. The van der Waals surface area contributed by atoms with Gasteiger partial charge < -0.3 is 5.32 Å². The first-order chi connectivity index (χ1) is 12.8. The van der Waals surface area contributed by atoms with E-state index in [1.165, 1.54) is 0 Å². The molecule has 0 bridgehead atoms. The van der Waals surface area contributed by atoms with E-state index in [-0.39, 0.29) is 19.0 Å². The highest BCUT2D eigenvalue weighted by molar-refractivity contribution is 5.79. The van der Waals surface area contributed by atoms with Crippen molar-refractivity contribution in [3.8, 4) is 11.3 Å². The van der Waals surface area contributed by atoms with Crippen molar-refractivity contribution < 1.29 is 4.79 Å². The summed E-state index contributed by atoms with van der Waals surface area (Å²) >= 11 is 0. The van der Waals surface area contributed by atoms with Crippen molar-refractivity contribution in [1.29, 1.82) is 0 Å². The summed E-state index contributed by atoms with van der Waals surface area (Å²) < 4.78 is 1.57. The highest BCUT2D eigenvalue weighted by Gasteiger charge is 2.11. The molecule has 0 atom stereocenters. The standard InChI is InChI=1S/C18H15N7O/c26-17(12-25-16-6-2-1-5-14(16)23-24-25)22-11-15-18(21-9-8-20-15)13-4-3-7-19-10-13/h1-10H,11-12H2,(H,22,26). The number of amides is 1. The number of hydrogen-bond acceptors (Lipinski definition) is 6. The van der Waals surface area contributed by atoms with Crippen LogP contribution in [0.3, 0.4) is 0 Å². The molecule has 0 aliphatic rings. The van der Waals surface area contributed by atoms with E-state index in [1.807, 2.05) is 36.4 Å². The van der Waals surface area contributed by atoms with Crippen LogP contribution < -0.4 is 5.32 Å². The van der Waals surface area contributed by atoms with Crippen molar-refractivity contribution in [2.75, 3.05) is 0 Å². The Morgan fingerprint density at radius 2 is 1.92 bits per heavy atom. The molecule has 3 aromatic heterocycles. The minimum atomic E-state index is -0.177. The summed E-state index contributed by atoms with van der Waals surface area (Å²) in [5.41, 5.74) is 3.81. The van der Waals surface area contributed by atoms with E-state index in [9.17, 15) is 4.79 Å². The van der Waals surface area contributed by atoms with Crippen LogP contribution in [0.2, 0.25) is 0 Å². The van der Waals surface area contributed by atoms with Gasteiger partial charge in [0.25, 0.3) is 0 Å². The summed E-state index contributed by atoms with van der Waals surface area (Å²) in [6, 6.07) is 11.3. The SMILES string of the molecule is O=C(Cn1nnc2ccccc21)NCc1nccnc1-c1cccnc1. The quantitative estimate of drug-likeness (QED) is 0.590. The number of carbonyl (C=O) groups excluding carboxylic acids is 1. The second-order valence-electron chi connectivity index (χ2n) is 5.61. The maximum absolute atomic E-state index is 12.3. The molecule has 4 aromatic rings. The Labute approximate surface area is 148 Å². The smallest absolute Gasteiger partial charge is 0.242 e. The van der Waals surface area contributed by atoms with Crippen molar-refractivity contribution in [2.24, 2.45) is 0 Å². The van der Waals surface area contributed by atoms with E-state index >= 15 is 0 Å². The molecule has 0 spiro atoms. The van der Waals surface area contributed by atoms with Crippen LogP contribution in [0.15, 0.2) is 61.2 Å². The minimum Gasteiger partial charge on any atom is -0.349 e. The molecule has 1 aromatic carbocycles. The molecule has 3 heterocycles. The molecule has 0 aliphatic carbocycles. The number of aromatic nitrogens is 6. The largest absolute Gasteiger partial charge is 0.349 e. The number of carbonyl (C=O) groups is 1. The van der Waals surface area contributed by atoms with Crippen LogP contribution in [-0.4, -0.2) is 35.9 Å². The van der Waals surface area contributed by atoms with E-state index in [0.29, 0.717) is 11.4 Å². The van der Waals surface area contributed by atoms with Crippen LogP contribution in [0.4, 0.5) is 0 Å². The predicted octanol–water partition coefficient (Wildman–Crippen LogP) is 1.60. The first-order valence-electron chi connectivity index (χ1n) is 8.06. The average Bonchev–Trinajstić information content (AvgIpc) is 3.10. The Morgan fingerprint density at radius 1 is 1.04 bits per heavy atom. The van der Waals surface area contributed by atoms with Gasteiger partial charge >= 0.3 is 0 Å². The molecule has 4 rings (SSSR count). The number of para-hydroxylation sites is 1. The van der Waals surface area contributed by atoms with Crippen molar-refractivity contribution in [3.05, 3.63) is 66.9 Å². The molecule has 0 saturated heterocycles. The molecule has 1 N–H and O–H groups in total. The van der Waals surface area contributed by atoms with E-state index in [1.54, 1.807) is 29.5 Å². The molecule has 0 saturated carbocycles. The highest BCUT2D eigenvalue weighted by Crippen LogP contribution is 2.18. The van der Waals surface area contributed by atoms with Gasteiger partial charge in [-0.1, -0.05) is 17.3 Å². The summed E-state index contributed by atoms with van der Waals surface area (Å²) in [6.07, 6.45) is 6.64. The number of fused-ring (bicyclic) bond motifs is 1. The zero-order chi connectivity index (χ0) is 17.8. The second kappa shape index (κ2) is 7.06. The highest BCUT2D eigenvalue weighted by atomic mass is 16.2. The molecular weight excluding hydrogens is 330 g/mol. The number of benzene rings is 1. The minimum absolute atomic E-state index is 0.0863. The second-order valence-corrected chi connectivity index (χ2v) is 5.61. The summed E-state index contributed by atoms with van der Waals surface area (Å²) in [5, 5.41) is 10.9. The third-order valence-electron chi connectivity index (χ3n) is 3.88. The Kier molecular flexibility index (Phi) is 4.29. The van der Waals surface area contributed by atoms with Gasteiger partial charge in [0.15, 0.2) is 0 Å². The van der Waals surface area contributed by atoms with Crippen molar-refractivity contribution in [3.63, 3.8) is 0 Å². The first kappa shape index (κ1) is 15.8. The Hall–Kier alpha value is -3.68. The van der Waals surface area contributed by atoms with Crippen LogP contribution in [0.5, 0.6) is 0 Å². The zero-order valence-electron chi connectivity index (χ0n) is 13.8. The molecule has 0 radical (unpaired) electrons. The number of hydrogen-bond donors (Lipinski definition) is 1. The van der Waals surface area contributed by atoms with E-state index in [2.05, 4.69) is 30.6 Å². The van der Waals surface area contributed by atoms with Crippen LogP contribution in [0, 0.1) is 0 Å². The molecular formula is C18H15N7O. The Morgan fingerprint density at radius 3 is 2.81 bits per heavy atom. The van der Waals surface area contributed by atoms with Gasteiger partial charge in [0.1, 0.15) is 12.1 Å². The van der Waals surface area contributed by atoms with Crippen LogP contribution in [0.1, 0.15) is 5.69 Å². The molecule has 1 amide bonds. The van der Waals surface area contributed by atoms with Gasteiger partial charge in [-0.2, -0.15) is 0 Å². The van der Waals surface area contributed by atoms with Crippen molar-refractivity contribution in [1.82, 2.24) is 35.3 Å². The predicted molar refractivity (Wildman–Crippen MR) is 94.6 cm³/mol. The maximum atomic E-state index is 12.3. The first-order valence-corrected chi connectivity index (χ1v) is 8.06. The third-order valence-corrected chi connectivity index (χ3v) is 3.88. The van der Waals surface area contributed by atoms with Crippen molar-refractivity contribution >= 4 is 16.9 Å². The molecule has 26 heavy (non-hydrogen) atoms. The lowest BCUT2D eigenvalue weighted by molar-refractivity contribution is -0.122. The fourth-order valence-corrected chi connectivity index (χ4v) is 2.65. The fourth-order valence-electron chi connectivity index (χ4n) is 2.65. The Balaban J connectivity index is 1.47. The molecule has 0 fully saturated rings. The topological polar surface area (TPSA) is 98.5 Å².